The second-order valence-corrected chi connectivity index (χ2v) is 4.16. The van der Waals surface area contributed by atoms with E-state index in [1.54, 1.807) is 0 Å². The molecule has 4 N–H and O–H groups in total. The van der Waals surface area contributed by atoms with Crippen molar-refractivity contribution >= 4 is 23.5 Å². The van der Waals surface area contributed by atoms with Crippen LogP contribution >= 0.6 is 0 Å². The zero-order valence-electron chi connectivity index (χ0n) is 10.9. The molecule has 0 saturated heterocycles. The van der Waals surface area contributed by atoms with E-state index in [1.165, 1.54) is 7.05 Å². The van der Waals surface area contributed by atoms with E-state index >= 15 is 0 Å². The summed E-state index contributed by atoms with van der Waals surface area (Å²) in [7, 11) is 1.40. The Kier molecular flexibility index (Phi) is 5.67. The smallest absolute Gasteiger partial charge is 0.321 e. The summed E-state index contributed by atoms with van der Waals surface area (Å²) in [5.74, 6) is -2.17. The molecule has 1 aromatic carbocycles. The number of carboxylic acids is 2. The average molecular weight is 280 g/mol. The number of hydrogen-bond donors (Lipinski definition) is 4. The minimum Gasteiger partial charge on any atom is -0.481 e. The number of fused-ring (bicyclic) bond motifs is 1. The fraction of sp³-hybridized carbons (Fsp3) is 0.308. The van der Waals surface area contributed by atoms with Crippen LogP contribution in [0.3, 0.4) is 0 Å². The van der Waals surface area contributed by atoms with Gasteiger partial charge in [0.2, 0.25) is 5.91 Å². The van der Waals surface area contributed by atoms with E-state index in [0.29, 0.717) is 6.42 Å². The third-order valence-electron chi connectivity index (χ3n) is 2.67. The van der Waals surface area contributed by atoms with Crippen molar-refractivity contribution in [1.29, 1.82) is 0 Å². The van der Waals surface area contributed by atoms with Crippen molar-refractivity contribution in [2.45, 2.75) is 18.9 Å². The molecular formula is C13H16N2O5. The second-order valence-electron chi connectivity index (χ2n) is 4.16. The Balaban J connectivity index is 0.000000200. The number of carboxylic acid groups (broad SMARTS) is 2. The molecule has 0 fully saturated rings. The molecule has 1 atom stereocenters. The number of likely N-dealkylation sites (N-methyl/N-ethyl adjacent to an activating group) is 1. The molecule has 0 aromatic heterocycles. The Labute approximate surface area is 115 Å². The van der Waals surface area contributed by atoms with Gasteiger partial charge in [0.15, 0.2) is 0 Å². The molecule has 1 heterocycles. The molecule has 1 aliphatic heterocycles. The first-order valence-electron chi connectivity index (χ1n) is 5.93. The van der Waals surface area contributed by atoms with Gasteiger partial charge in [-0.2, -0.15) is 0 Å². The quantitative estimate of drug-likeness (QED) is 0.631. The lowest BCUT2D eigenvalue weighted by Crippen LogP contribution is -2.35. The summed E-state index contributed by atoms with van der Waals surface area (Å²) in [6.07, 6.45) is 0.141. The average Bonchev–Trinajstić information content (AvgIpc) is 2.76. The molecule has 0 aliphatic carbocycles. The molecular weight excluding hydrogens is 264 g/mol. The van der Waals surface area contributed by atoms with Gasteiger partial charge in [0.25, 0.3) is 0 Å². The molecule has 0 radical (unpaired) electrons. The first kappa shape index (κ1) is 15.6. The zero-order valence-corrected chi connectivity index (χ0v) is 10.9. The molecule has 0 saturated carbocycles. The lowest BCUT2D eigenvalue weighted by atomic mass is 10.2. The first-order valence-corrected chi connectivity index (χ1v) is 5.93. The zero-order chi connectivity index (χ0) is 15.1. The summed E-state index contributed by atoms with van der Waals surface area (Å²) in [4.78, 5) is 30.9. The van der Waals surface area contributed by atoms with Gasteiger partial charge in [0, 0.05) is 5.69 Å². The van der Waals surface area contributed by atoms with Crippen LogP contribution in [-0.4, -0.2) is 41.1 Å². The van der Waals surface area contributed by atoms with Crippen molar-refractivity contribution in [3.63, 3.8) is 0 Å². The number of rotatable bonds is 4. The van der Waals surface area contributed by atoms with Gasteiger partial charge in [-0.3, -0.25) is 14.4 Å². The number of amides is 1. The maximum atomic E-state index is 10.8. The van der Waals surface area contributed by atoms with E-state index in [-0.39, 0.29) is 5.91 Å². The van der Waals surface area contributed by atoms with E-state index in [4.69, 9.17) is 10.2 Å². The van der Waals surface area contributed by atoms with Gasteiger partial charge in [-0.15, -0.1) is 0 Å². The molecule has 1 aliphatic rings. The van der Waals surface area contributed by atoms with Crippen LogP contribution in [0.15, 0.2) is 24.3 Å². The van der Waals surface area contributed by atoms with Crippen molar-refractivity contribution < 1.29 is 24.6 Å². The lowest BCUT2D eigenvalue weighted by molar-refractivity contribution is -0.145. The highest BCUT2D eigenvalue weighted by atomic mass is 16.4. The molecule has 7 heteroatoms. The number of aliphatic carboxylic acids is 2. The van der Waals surface area contributed by atoms with Gasteiger partial charge in [-0.25, -0.2) is 0 Å². The van der Waals surface area contributed by atoms with Gasteiger partial charge < -0.3 is 20.8 Å². The summed E-state index contributed by atoms with van der Waals surface area (Å²) < 4.78 is 0. The largest absolute Gasteiger partial charge is 0.481 e. The van der Waals surface area contributed by atoms with Crippen LogP contribution in [0.25, 0.3) is 0 Å². The molecule has 0 bridgehead atoms. The monoisotopic (exact) mass is 280 g/mol. The summed E-state index contributed by atoms with van der Waals surface area (Å²) in [5.41, 5.74) is 2.07. The standard InChI is InChI=1S/C8H7NO.C5H9NO4/c10-8-5-6-3-1-2-4-7(6)9-8;1-6-3(5(9)10)2-4(7)8/h1-4H,5H2,(H,9,10);3,6H,2H2,1H3,(H,7,8)(H,9,10)/t;3-/m.1/s1. The third kappa shape index (κ3) is 4.69. The fourth-order valence-electron chi connectivity index (χ4n) is 1.65. The third-order valence-corrected chi connectivity index (χ3v) is 2.67. The van der Waals surface area contributed by atoms with Crippen LogP contribution in [-0.2, 0) is 20.8 Å². The second kappa shape index (κ2) is 7.25. The minimum atomic E-state index is -1.15. The van der Waals surface area contributed by atoms with Gasteiger partial charge in [-0.05, 0) is 18.7 Å². The number of para-hydroxylation sites is 1. The highest BCUT2D eigenvalue weighted by Gasteiger charge is 2.17. The molecule has 2 rings (SSSR count). The van der Waals surface area contributed by atoms with E-state index in [0.717, 1.165) is 11.3 Å². The van der Waals surface area contributed by atoms with Gasteiger partial charge >= 0.3 is 11.9 Å². The SMILES string of the molecule is CN[C@H](CC(=O)O)C(=O)O.O=C1Cc2ccccc2N1. The van der Waals surface area contributed by atoms with Crippen molar-refractivity contribution in [3.05, 3.63) is 29.8 Å². The molecule has 7 nitrogen and oxygen atoms in total. The fourth-order valence-corrected chi connectivity index (χ4v) is 1.65. The van der Waals surface area contributed by atoms with Crippen molar-refractivity contribution in [1.82, 2.24) is 5.32 Å². The van der Waals surface area contributed by atoms with Crippen LogP contribution in [0, 0.1) is 0 Å². The number of hydrogen-bond acceptors (Lipinski definition) is 4. The minimum absolute atomic E-state index is 0.0983. The first-order chi connectivity index (χ1) is 9.43. The van der Waals surface area contributed by atoms with Crippen molar-refractivity contribution in [2.75, 3.05) is 12.4 Å². The van der Waals surface area contributed by atoms with Crippen molar-refractivity contribution in [3.8, 4) is 0 Å². The Bertz CT molecular complexity index is 488. The number of anilines is 1. The maximum absolute atomic E-state index is 10.8. The number of carbonyl (C=O) groups is 3. The number of nitrogens with one attached hydrogen (secondary N) is 2. The van der Waals surface area contributed by atoms with Crippen LogP contribution in [0.1, 0.15) is 12.0 Å². The van der Waals surface area contributed by atoms with Crippen LogP contribution < -0.4 is 10.6 Å². The van der Waals surface area contributed by atoms with Gasteiger partial charge in [0.05, 0.1) is 12.8 Å². The number of benzene rings is 1. The van der Waals surface area contributed by atoms with Gasteiger partial charge in [0.1, 0.15) is 6.04 Å². The molecule has 0 spiro atoms. The Morgan fingerprint density at radius 3 is 2.45 bits per heavy atom. The highest BCUT2D eigenvalue weighted by molar-refractivity contribution is 5.98. The van der Waals surface area contributed by atoms with Crippen molar-refractivity contribution in [2.24, 2.45) is 0 Å². The molecule has 20 heavy (non-hydrogen) atoms. The molecule has 1 amide bonds. The molecule has 0 unspecified atom stereocenters. The van der Waals surface area contributed by atoms with E-state index in [9.17, 15) is 14.4 Å². The summed E-state index contributed by atoms with van der Waals surface area (Å²) in [6.45, 7) is 0. The van der Waals surface area contributed by atoms with Crippen LogP contribution in [0.5, 0.6) is 0 Å². The topological polar surface area (TPSA) is 116 Å². The predicted molar refractivity (Wildman–Crippen MR) is 71.5 cm³/mol. The summed E-state index contributed by atoms with van der Waals surface area (Å²) >= 11 is 0. The predicted octanol–water partition coefficient (Wildman–Crippen LogP) is 0.315. The van der Waals surface area contributed by atoms with E-state index in [1.807, 2.05) is 24.3 Å². The Morgan fingerprint density at radius 2 is 2.00 bits per heavy atom. The van der Waals surface area contributed by atoms with E-state index < -0.39 is 24.4 Å². The normalized spacial score (nSPS) is 13.6. The van der Waals surface area contributed by atoms with E-state index in [2.05, 4.69) is 10.6 Å². The Morgan fingerprint density at radius 1 is 1.35 bits per heavy atom. The Hall–Kier alpha value is -2.41. The summed E-state index contributed by atoms with van der Waals surface area (Å²) in [6, 6.07) is 6.76. The van der Waals surface area contributed by atoms with Crippen LogP contribution in [0.2, 0.25) is 0 Å². The molecule has 108 valence electrons. The van der Waals surface area contributed by atoms with Crippen LogP contribution in [0.4, 0.5) is 5.69 Å². The maximum Gasteiger partial charge on any atom is 0.321 e. The van der Waals surface area contributed by atoms with Gasteiger partial charge in [-0.1, -0.05) is 18.2 Å². The lowest BCUT2D eigenvalue weighted by Gasteiger charge is -2.06. The highest BCUT2D eigenvalue weighted by Crippen LogP contribution is 2.20. The summed E-state index contributed by atoms with van der Waals surface area (Å²) in [5, 5.41) is 21.6. The molecule has 1 aromatic rings. The number of carbonyl (C=O) groups excluding carboxylic acids is 1.